The average Bonchev–Trinajstić information content (AvgIpc) is 3.12. The normalized spacial score (nSPS) is 17.2. The zero-order valence-corrected chi connectivity index (χ0v) is 15.8. The molecule has 0 saturated carbocycles. The standard InChI is InChI=1S/C22H22N4O/c1-22(2,3)21(27)26-20(14-18(25-26)15-7-5-4-6-8-15)16-9-10-17-19(13-16)24-12-11-23-17/h4-13,20H,14H2,1-3H3. The van der Waals surface area contributed by atoms with Gasteiger partial charge in [0.1, 0.15) is 0 Å². The largest absolute Gasteiger partial charge is 0.272 e. The van der Waals surface area contributed by atoms with Gasteiger partial charge in [-0.05, 0) is 23.3 Å². The van der Waals surface area contributed by atoms with Crippen LogP contribution in [0.25, 0.3) is 11.0 Å². The van der Waals surface area contributed by atoms with Crippen molar-refractivity contribution < 1.29 is 4.79 Å². The highest BCUT2D eigenvalue weighted by atomic mass is 16.2. The number of rotatable bonds is 2. The van der Waals surface area contributed by atoms with E-state index in [1.807, 2.05) is 69.3 Å². The van der Waals surface area contributed by atoms with Gasteiger partial charge in [-0.1, -0.05) is 57.2 Å². The summed E-state index contributed by atoms with van der Waals surface area (Å²) >= 11 is 0. The van der Waals surface area contributed by atoms with Gasteiger partial charge in [0.15, 0.2) is 0 Å². The fourth-order valence-corrected chi connectivity index (χ4v) is 3.29. The molecule has 0 fully saturated rings. The lowest BCUT2D eigenvalue weighted by atomic mass is 9.93. The van der Waals surface area contributed by atoms with Crippen molar-refractivity contribution in [3.8, 4) is 0 Å². The van der Waals surface area contributed by atoms with Gasteiger partial charge in [-0.2, -0.15) is 5.10 Å². The second-order valence-corrected chi connectivity index (χ2v) is 7.84. The van der Waals surface area contributed by atoms with Crippen molar-refractivity contribution in [3.05, 3.63) is 72.1 Å². The second-order valence-electron chi connectivity index (χ2n) is 7.84. The Hall–Kier alpha value is -3.08. The molecule has 0 spiro atoms. The first kappa shape index (κ1) is 17.3. The summed E-state index contributed by atoms with van der Waals surface area (Å²) in [5.41, 5.74) is 4.16. The van der Waals surface area contributed by atoms with Crippen molar-refractivity contribution in [2.45, 2.75) is 33.2 Å². The third-order valence-electron chi connectivity index (χ3n) is 4.75. The van der Waals surface area contributed by atoms with Gasteiger partial charge in [0.25, 0.3) is 0 Å². The van der Waals surface area contributed by atoms with Crippen molar-refractivity contribution in [2.24, 2.45) is 10.5 Å². The third-order valence-corrected chi connectivity index (χ3v) is 4.75. The van der Waals surface area contributed by atoms with E-state index in [0.717, 1.165) is 27.9 Å². The molecule has 4 rings (SSSR count). The minimum atomic E-state index is -0.509. The molecule has 1 unspecified atom stereocenters. The highest BCUT2D eigenvalue weighted by Gasteiger charge is 2.38. The van der Waals surface area contributed by atoms with E-state index in [2.05, 4.69) is 9.97 Å². The number of aromatic nitrogens is 2. The quantitative estimate of drug-likeness (QED) is 0.684. The fourth-order valence-electron chi connectivity index (χ4n) is 3.29. The number of benzene rings is 2. The maximum absolute atomic E-state index is 13.1. The van der Waals surface area contributed by atoms with Crippen molar-refractivity contribution in [1.29, 1.82) is 0 Å². The van der Waals surface area contributed by atoms with Gasteiger partial charge in [-0.15, -0.1) is 0 Å². The molecule has 1 amide bonds. The fraction of sp³-hybridized carbons (Fsp3) is 0.273. The van der Waals surface area contributed by atoms with Crippen molar-refractivity contribution in [3.63, 3.8) is 0 Å². The van der Waals surface area contributed by atoms with Crippen molar-refractivity contribution in [1.82, 2.24) is 15.0 Å². The molecule has 5 nitrogen and oxygen atoms in total. The minimum Gasteiger partial charge on any atom is -0.272 e. The molecular formula is C22H22N4O. The Bertz CT molecular complexity index is 1020. The molecule has 0 N–H and O–H groups in total. The van der Waals surface area contributed by atoms with Gasteiger partial charge in [-0.25, -0.2) is 5.01 Å². The molecule has 2 aromatic carbocycles. The van der Waals surface area contributed by atoms with Crippen LogP contribution in [0.15, 0.2) is 66.0 Å². The molecule has 0 radical (unpaired) electrons. The number of hydrogen-bond acceptors (Lipinski definition) is 4. The zero-order valence-electron chi connectivity index (χ0n) is 15.8. The first-order valence-electron chi connectivity index (χ1n) is 9.11. The van der Waals surface area contributed by atoms with Gasteiger partial charge in [-0.3, -0.25) is 14.8 Å². The van der Waals surface area contributed by atoms with Gasteiger partial charge >= 0.3 is 0 Å². The van der Waals surface area contributed by atoms with Crippen LogP contribution in [0.1, 0.15) is 44.4 Å². The number of carbonyl (C=O) groups is 1. The summed E-state index contributed by atoms with van der Waals surface area (Å²) < 4.78 is 0. The Balaban J connectivity index is 1.76. The molecule has 5 heteroatoms. The minimum absolute atomic E-state index is 0.0117. The Kier molecular flexibility index (Phi) is 4.22. The summed E-state index contributed by atoms with van der Waals surface area (Å²) in [6.07, 6.45) is 4.05. The Morgan fingerprint density at radius 3 is 2.41 bits per heavy atom. The van der Waals surface area contributed by atoms with Crippen LogP contribution in [0.3, 0.4) is 0 Å². The molecule has 2 heterocycles. The summed E-state index contributed by atoms with van der Waals surface area (Å²) in [7, 11) is 0. The SMILES string of the molecule is CC(C)(C)C(=O)N1N=C(c2ccccc2)CC1c1ccc2nccnc2c1. The molecule has 1 aliphatic rings. The van der Waals surface area contributed by atoms with Crippen LogP contribution in [0.4, 0.5) is 0 Å². The molecule has 3 aromatic rings. The van der Waals surface area contributed by atoms with Crippen LogP contribution in [-0.2, 0) is 4.79 Å². The van der Waals surface area contributed by atoms with E-state index >= 15 is 0 Å². The van der Waals surface area contributed by atoms with Crippen LogP contribution in [0.2, 0.25) is 0 Å². The van der Waals surface area contributed by atoms with E-state index < -0.39 is 5.41 Å². The van der Waals surface area contributed by atoms with Crippen LogP contribution in [0.5, 0.6) is 0 Å². The smallest absolute Gasteiger partial charge is 0.248 e. The van der Waals surface area contributed by atoms with Crippen molar-refractivity contribution in [2.75, 3.05) is 0 Å². The predicted molar refractivity (Wildman–Crippen MR) is 106 cm³/mol. The van der Waals surface area contributed by atoms with Crippen LogP contribution >= 0.6 is 0 Å². The molecule has 0 aliphatic carbocycles. The summed E-state index contributed by atoms with van der Waals surface area (Å²) in [5.74, 6) is 0.0117. The third kappa shape index (κ3) is 3.33. The number of amides is 1. The molecule has 1 aromatic heterocycles. The monoisotopic (exact) mass is 358 g/mol. The van der Waals surface area contributed by atoms with Gasteiger partial charge in [0.2, 0.25) is 5.91 Å². The number of hydrazone groups is 1. The van der Waals surface area contributed by atoms with E-state index in [1.165, 1.54) is 0 Å². The maximum Gasteiger partial charge on any atom is 0.248 e. The van der Waals surface area contributed by atoms with E-state index in [9.17, 15) is 4.79 Å². The molecule has 0 saturated heterocycles. The zero-order chi connectivity index (χ0) is 19.0. The maximum atomic E-state index is 13.1. The van der Waals surface area contributed by atoms with Gasteiger partial charge in [0, 0.05) is 24.2 Å². The van der Waals surface area contributed by atoms with Crippen LogP contribution < -0.4 is 0 Å². The predicted octanol–water partition coefficient (Wildman–Crippen LogP) is 4.35. The van der Waals surface area contributed by atoms with Gasteiger partial charge in [0.05, 0.1) is 22.8 Å². The highest BCUT2D eigenvalue weighted by Crippen LogP contribution is 2.36. The lowest BCUT2D eigenvalue weighted by molar-refractivity contribution is -0.141. The molecular weight excluding hydrogens is 336 g/mol. The topological polar surface area (TPSA) is 58.5 Å². The number of hydrogen-bond donors (Lipinski definition) is 0. The van der Waals surface area contributed by atoms with Crippen LogP contribution in [-0.4, -0.2) is 26.6 Å². The first-order chi connectivity index (χ1) is 12.9. The Morgan fingerprint density at radius 2 is 1.70 bits per heavy atom. The lowest BCUT2D eigenvalue weighted by Gasteiger charge is -2.28. The molecule has 0 bridgehead atoms. The molecule has 1 aliphatic heterocycles. The van der Waals surface area contributed by atoms with E-state index in [4.69, 9.17) is 5.10 Å². The average molecular weight is 358 g/mol. The molecule has 1 atom stereocenters. The lowest BCUT2D eigenvalue weighted by Crippen LogP contribution is -2.36. The summed E-state index contributed by atoms with van der Waals surface area (Å²) in [4.78, 5) is 21.8. The van der Waals surface area contributed by atoms with Crippen LogP contribution in [0, 0.1) is 5.41 Å². The van der Waals surface area contributed by atoms with Crippen molar-refractivity contribution >= 4 is 22.7 Å². The van der Waals surface area contributed by atoms with E-state index in [1.54, 1.807) is 17.4 Å². The van der Waals surface area contributed by atoms with E-state index in [0.29, 0.717) is 6.42 Å². The Labute approximate surface area is 158 Å². The number of fused-ring (bicyclic) bond motifs is 1. The van der Waals surface area contributed by atoms with Gasteiger partial charge < -0.3 is 0 Å². The molecule has 27 heavy (non-hydrogen) atoms. The Morgan fingerprint density at radius 1 is 1.00 bits per heavy atom. The number of carbonyl (C=O) groups excluding carboxylic acids is 1. The molecule has 136 valence electrons. The van der Waals surface area contributed by atoms with E-state index in [-0.39, 0.29) is 11.9 Å². The highest BCUT2D eigenvalue weighted by molar-refractivity contribution is 6.03. The first-order valence-corrected chi connectivity index (χ1v) is 9.11. The summed E-state index contributed by atoms with van der Waals surface area (Å²) in [6.45, 7) is 5.77. The number of nitrogens with zero attached hydrogens (tertiary/aromatic N) is 4. The summed E-state index contributed by atoms with van der Waals surface area (Å²) in [5, 5.41) is 6.38. The second kappa shape index (κ2) is 6.58. The summed E-state index contributed by atoms with van der Waals surface area (Å²) in [6, 6.07) is 15.9.